The third-order valence-corrected chi connectivity index (χ3v) is 5.22. The summed E-state index contributed by atoms with van der Waals surface area (Å²) in [6.45, 7) is 11.8. The molecule has 3 N–H and O–H groups in total. The molecule has 6 heteroatoms. The summed E-state index contributed by atoms with van der Waals surface area (Å²) in [5.74, 6) is 0.567. The van der Waals surface area contributed by atoms with E-state index in [1.54, 1.807) is 0 Å². The number of nitrogens with one attached hydrogen (secondary N) is 3. The third-order valence-electron chi connectivity index (χ3n) is 5.22. The first-order chi connectivity index (χ1) is 14.6. The van der Waals surface area contributed by atoms with Crippen LogP contribution in [0.5, 0.6) is 5.75 Å². The zero-order valence-corrected chi connectivity index (χ0v) is 19.6. The standard InChI is InChI=1S/C25H35N3O3/c1-18-8-7-9-22(19(18)2)27-24(30)17-28(6)16-23(29)26-14-15-31-21-12-10-20(11-13-21)25(3,4)5/h7-13H,14-17H2,1-6H3,(H,26,29)(H,27,30)/p+1. The predicted molar refractivity (Wildman–Crippen MR) is 125 cm³/mol. The van der Waals surface area contributed by atoms with Crippen molar-refractivity contribution in [1.29, 1.82) is 0 Å². The number of hydrogen-bond acceptors (Lipinski definition) is 3. The van der Waals surface area contributed by atoms with Crippen molar-refractivity contribution in [2.45, 2.75) is 40.0 Å². The van der Waals surface area contributed by atoms with Crippen LogP contribution in [0.1, 0.15) is 37.5 Å². The molecule has 1 atom stereocenters. The van der Waals surface area contributed by atoms with Gasteiger partial charge in [-0.1, -0.05) is 45.0 Å². The maximum absolute atomic E-state index is 12.3. The van der Waals surface area contributed by atoms with E-state index >= 15 is 0 Å². The number of anilines is 1. The second kappa shape index (κ2) is 11.0. The highest BCUT2D eigenvalue weighted by Gasteiger charge is 2.15. The summed E-state index contributed by atoms with van der Waals surface area (Å²) >= 11 is 0. The second-order valence-electron chi connectivity index (χ2n) is 9.08. The van der Waals surface area contributed by atoms with E-state index in [-0.39, 0.29) is 30.3 Å². The van der Waals surface area contributed by atoms with Gasteiger partial charge in [0.2, 0.25) is 0 Å². The first-order valence-electron chi connectivity index (χ1n) is 10.7. The highest BCUT2D eigenvalue weighted by Crippen LogP contribution is 2.24. The van der Waals surface area contributed by atoms with E-state index in [0.717, 1.165) is 27.5 Å². The lowest BCUT2D eigenvalue weighted by Gasteiger charge is -2.19. The van der Waals surface area contributed by atoms with E-state index in [1.807, 2.05) is 51.2 Å². The molecule has 0 spiro atoms. The normalized spacial score (nSPS) is 12.2. The van der Waals surface area contributed by atoms with Crippen molar-refractivity contribution >= 4 is 17.5 Å². The quantitative estimate of drug-likeness (QED) is 0.539. The fraction of sp³-hybridized carbons (Fsp3) is 0.440. The summed E-state index contributed by atoms with van der Waals surface area (Å²) in [4.78, 5) is 25.2. The van der Waals surface area contributed by atoms with Gasteiger partial charge < -0.3 is 20.3 Å². The fourth-order valence-electron chi connectivity index (χ4n) is 3.16. The smallest absolute Gasteiger partial charge is 0.279 e. The monoisotopic (exact) mass is 426 g/mol. The fourth-order valence-corrected chi connectivity index (χ4v) is 3.16. The minimum absolute atomic E-state index is 0.108. The Morgan fingerprint density at radius 3 is 2.26 bits per heavy atom. The molecule has 0 aliphatic heterocycles. The van der Waals surface area contributed by atoms with Gasteiger partial charge in [0.05, 0.1) is 13.6 Å². The summed E-state index contributed by atoms with van der Waals surface area (Å²) in [5, 5.41) is 5.77. The van der Waals surface area contributed by atoms with Crippen molar-refractivity contribution in [3.63, 3.8) is 0 Å². The molecule has 0 heterocycles. The molecule has 0 aromatic heterocycles. The third kappa shape index (κ3) is 8.06. The number of aryl methyl sites for hydroxylation is 1. The molecule has 2 amide bonds. The van der Waals surface area contributed by atoms with Gasteiger partial charge in [-0.25, -0.2) is 0 Å². The topological polar surface area (TPSA) is 71.9 Å². The van der Waals surface area contributed by atoms with Crippen molar-refractivity contribution in [2.24, 2.45) is 0 Å². The van der Waals surface area contributed by atoms with Gasteiger partial charge in [0, 0.05) is 5.69 Å². The van der Waals surface area contributed by atoms with Gasteiger partial charge in [-0.2, -0.15) is 0 Å². The molecule has 2 aromatic rings. The number of quaternary nitrogens is 1. The molecule has 0 aliphatic carbocycles. The lowest BCUT2D eigenvalue weighted by Crippen LogP contribution is -3.11. The number of carbonyl (C=O) groups is 2. The molecule has 0 saturated heterocycles. The van der Waals surface area contributed by atoms with Crippen LogP contribution in [-0.4, -0.2) is 45.1 Å². The zero-order valence-electron chi connectivity index (χ0n) is 19.6. The Bertz CT molecular complexity index is 886. The molecule has 6 nitrogen and oxygen atoms in total. The lowest BCUT2D eigenvalue weighted by atomic mass is 9.87. The minimum atomic E-state index is -0.110. The highest BCUT2D eigenvalue weighted by atomic mass is 16.5. The number of ether oxygens (including phenoxy) is 1. The van der Waals surface area contributed by atoms with Crippen molar-refractivity contribution in [2.75, 3.05) is 38.6 Å². The predicted octanol–water partition coefficient (Wildman–Crippen LogP) is 2.25. The van der Waals surface area contributed by atoms with Crippen LogP contribution < -0.4 is 20.3 Å². The molecule has 0 bridgehead atoms. The van der Waals surface area contributed by atoms with Crippen LogP contribution in [0.4, 0.5) is 5.69 Å². The molecule has 31 heavy (non-hydrogen) atoms. The summed E-state index contributed by atoms with van der Waals surface area (Å²) < 4.78 is 5.70. The van der Waals surface area contributed by atoms with Gasteiger partial charge in [0.15, 0.2) is 13.1 Å². The molecule has 0 aliphatic rings. The van der Waals surface area contributed by atoms with Gasteiger partial charge >= 0.3 is 0 Å². The Kier molecular flexibility index (Phi) is 8.63. The first-order valence-corrected chi connectivity index (χ1v) is 10.7. The Balaban J connectivity index is 1.67. The first kappa shape index (κ1) is 24.4. The van der Waals surface area contributed by atoms with Gasteiger partial charge in [-0.3, -0.25) is 9.59 Å². The summed E-state index contributed by atoms with van der Waals surface area (Å²) in [7, 11) is 1.83. The molecule has 168 valence electrons. The molecular formula is C25H36N3O3+. The molecule has 2 rings (SSSR count). The van der Waals surface area contributed by atoms with Crippen LogP contribution in [0.3, 0.4) is 0 Å². The average molecular weight is 427 g/mol. The zero-order chi connectivity index (χ0) is 23.0. The van der Waals surface area contributed by atoms with E-state index in [2.05, 4.69) is 43.5 Å². The van der Waals surface area contributed by atoms with E-state index < -0.39 is 0 Å². The van der Waals surface area contributed by atoms with Crippen molar-refractivity contribution < 1.29 is 19.2 Å². The molecule has 1 unspecified atom stereocenters. The number of hydrogen-bond donors (Lipinski definition) is 3. The largest absolute Gasteiger partial charge is 0.492 e. The van der Waals surface area contributed by atoms with E-state index in [1.165, 1.54) is 5.56 Å². The molecule has 0 radical (unpaired) electrons. The van der Waals surface area contributed by atoms with Gasteiger partial charge in [0.1, 0.15) is 12.4 Å². The van der Waals surface area contributed by atoms with Crippen LogP contribution in [0.15, 0.2) is 42.5 Å². The second-order valence-corrected chi connectivity index (χ2v) is 9.08. The molecular weight excluding hydrogens is 390 g/mol. The van der Waals surface area contributed by atoms with Crippen LogP contribution in [0.2, 0.25) is 0 Å². The maximum atomic E-state index is 12.3. The SMILES string of the molecule is Cc1cccc(NC(=O)C[NH+](C)CC(=O)NCCOc2ccc(C(C)(C)C)cc2)c1C. The van der Waals surface area contributed by atoms with Crippen LogP contribution >= 0.6 is 0 Å². The lowest BCUT2D eigenvalue weighted by molar-refractivity contribution is -0.862. The average Bonchev–Trinajstić information content (AvgIpc) is 2.68. The Morgan fingerprint density at radius 1 is 0.968 bits per heavy atom. The molecule has 2 aromatic carbocycles. The van der Waals surface area contributed by atoms with Crippen LogP contribution in [0, 0.1) is 13.8 Å². The number of carbonyl (C=O) groups excluding carboxylic acids is 2. The number of likely N-dealkylation sites (N-methyl/N-ethyl adjacent to an activating group) is 1. The summed E-state index contributed by atoms with van der Waals surface area (Å²) in [6.07, 6.45) is 0. The maximum Gasteiger partial charge on any atom is 0.279 e. The van der Waals surface area contributed by atoms with Crippen LogP contribution in [0.25, 0.3) is 0 Å². The van der Waals surface area contributed by atoms with Crippen molar-refractivity contribution in [3.8, 4) is 5.75 Å². The summed E-state index contributed by atoms with van der Waals surface area (Å²) in [6, 6.07) is 13.9. The summed E-state index contributed by atoms with van der Waals surface area (Å²) in [5.41, 5.74) is 4.36. The van der Waals surface area contributed by atoms with E-state index in [9.17, 15) is 9.59 Å². The Labute approximate surface area is 186 Å². The molecule has 0 fully saturated rings. The highest BCUT2D eigenvalue weighted by molar-refractivity contribution is 5.92. The van der Waals surface area contributed by atoms with Crippen LogP contribution in [-0.2, 0) is 15.0 Å². The van der Waals surface area contributed by atoms with E-state index in [0.29, 0.717) is 13.2 Å². The Morgan fingerprint density at radius 2 is 1.61 bits per heavy atom. The van der Waals surface area contributed by atoms with Crippen molar-refractivity contribution in [3.05, 3.63) is 59.2 Å². The number of amides is 2. The van der Waals surface area contributed by atoms with Gasteiger partial charge in [-0.15, -0.1) is 0 Å². The van der Waals surface area contributed by atoms with Gasteiger partial charge in [0.25, 0.3) is 11.8 Å². The van der Waals surface area contributed by atoms with E-state index in [4.69, 9.17) is 4.74 Å². The Hall–Kier alpha value is -2.86. The van der Waals surface area contributed by atoms with Gasteiger partial charge in [-0.05, 0) is 54.2 Å². The number of rotatable bonds is 9. The minimum Gasteiger partial charge on any atom is -0.492 e. The van der Waals surface area contributed by atoms with Crippen molar-refractivity contribution in [1.82, 2.24) is 5.32 Å². The molecule has 0 saturated carbocycles. The number of benzene rings is 2.